The molecule has 37 valence electrons. The lowest BCUT2D eigenvalue weighted by molar-refractivity contribution is 0.637. The zero-order valence-electron chi connectivity index (χ0n) is 3.83. The zero-order valence-corrected chi connectivity index (χ0v) is 3.83. The van der Waals surface area contributed by atoms with E-state index in [1.165, 1.54) is 0 Å². The van der Waals surface area contributed by atoms with Gasteiger partial charge in [0.1, 0.15) is 6.20 Å². The van der Waals surface area contributed by atoms with Gasteiger partial charge in [-0.05, 0) is 6.07 Å². The van der Waals surface area contributed by atoms with Gasteiger partial charge >= 0.3 is 0 Å². The first-order chi connectivity index (χ1) is 3.43. The molecule has 0 saturated heterocycles. The van der Waals surface area contributed by atoms with Crippen LogP contribution in [-0.4, -0.2) is 9.78 Å². The number of nitrogens with two attached hydrogens (primary N) is 1. The van der Waals surface area contributed by atoms with E-state index in [2.05, 4.69) is 11.3 Å². The highest BCUT2D eigenvalue weighted by Gasteiger charge is 1.78. The van der Waals surface area contributed by atoms with Crippen molar-refractivity contribution in [1.29, 1.82) is 0 Å². The molecule has 0 amide bonds. The number of rotatable bonds is 1. The molecule has 0 saturated carbocycles. The molecule has 0 bridgehead atoms. The molecule has 0 aliphatic rings. The van der Waals surface area contributed by atoms with Crippen LogP contribution in [0.2, 0.25) is 0 Å². The van der Waals surface area contributed by atoms with E-state index in [0.29, 0.717) is 6.67 Å². The van der Waals surface area contributed by atoms with Gasteiger partial charge in [-0.15, -0.1) is 0 Å². The second-order valence-corrected chi connectivity index (χ2v) is 1.17. The van der Waals surface area contributed by atoms with Crippen LogP contribution in [0.3, 0.4) is 0 Å². The Morgan fingerprint density at radius 3 is 3.00 bits per heavy atom. The maximum absolute atomic E-state index is 5.17. The second kappa shape index (κ2) is 1.75. The third kappa shape index (κ3) is 0.778. The molecule has 0 aromatic carbocycles. The molecular weight excluding hydrogens is 90.1 g/mol. The summed E-state index contributed by atoms with van der Waals surface area (Å²) in [5.74, 6) is 0. The topological polar surface area (TPSA) is 43.8 Å². The Morgan fingerprint density at radius 2 is 2.71 bits per heavy atom. The van der Waals surface area contributed by atoms with Crippen molar-refractivity contribution >= 4 is 0 Å². The van der Waals surface area contributed by atoms with E-state index in [1.807, 2.05) is 0 Å². The van der Waals surface area contributed by atoms with Gasteiger partial charge < -0.3 is 5.73 Å². The van der Waals surface area contributed by atoms with Gasteiger partial charge in [-0.25, -0.2) is 0 Å². The fourth-order valence-electron chi connectivity index (χ4n) is 0.362. The summed E-state index contributed by atoms with van der Waals surface area (Å²) in [4.78, 5) is 0. The molecule has 1 rings (SSSR count). The van der Waals surface area contributed by atoms with Crippen molar-refractivity contribution in [3.63, 3.8) is 0 Å². The number of hydrogen-bond acceptors (Lipinski definition) is 2. The minimum Gasteiger partial charge on any atom is -0.312 e. The molecule has 0 unspecified atom stereocenters. The third-order valence-electron chi connectivity index (χ3n) is 0.694. The summed E-state index contributed by atoms with van der Waals surface area (Å²) in [7, 11) is 0. The minimum absolute atomic E-state index is 0.434. The van der Waals surface area contributed by atoms with Crippen LogP contribution in [-0.2, 0) is 6.67 Å². The summed E-state index contributed by atoms with van der Waals surface area (Å²) in [5, 5.41) is 3.70. The molecule has 3 nitrogen and oxygen atoms in total. The van der Waals surface area contributed by atoms with Crippen LogP contribution in [0, 0.1) is 6.20 Å². The molecule has 0 spiro atoms. The van der Waals surface area contributed by atoms with Crippen molar-refractivity contribution in [2.75, 3.05) is 0 Å². The van der Waals surface area contributed by atoms with Crippen LogP contribution >= 0.6 is 0 Å². The van der Waals surface area contributed by atoms with Crippen molar-refractivity contribution in [3.05, 3.63) is 18.5 Å². The Morgan fingerprint density at radius 1 is 1.86 bits per heavy atom. The minimum atomic E-state index is 0.434. The van der Waals surface area contributed by atoms with Crippen LogP contribution in [0.25, 0.3) is 0 Å². The molecule has 7 heavy (non-hydrogen) atoms. The van der Waals surface area contributed by atoms with E-state index in [0.717, 1.165) is 0 Å². The maximum atomic E-state index is 5.17. The molecule has 1 radical (unpaired) electrons. The van der Waals surface area contributed by atoms with Crippen LogP contribution < -0.4 is 5.73 Å². The van der Waals surface area contributed by atoms with Crippen molar-refractivity contribution in [1.82, 2.24) is 9.78 Å². The van der Waals surface area contributed by atoms with E-state index in [4.69, 9.17) is 5.73 Å². The normalized spacial score (nSPS) is 9.29. The Hall–Kier alpha value is -0.830. The molecule has 2 N–H and O–H groups in total. The van der Waals surface area contributed by atoms with Gasteiger partial charge in [-0.3, -0.25) is 4.68 Å². The van der Waals surface area contributed by atoms with Crippen molar-refractivity contribution in [3.8, 4) is 0 Å². The van der Waals surface area contributed by atoms with Crippen molar-refractivity contribution in [2.24, 2.45) is 5.73 Å². The number of nitrogens with zero attached hydrogens (tertiary/aromatic N) is 2. The molecule has 3 heteroatoms. The Labute approximate surface area is 41.7 Å². The smallest absolute Gasteiger partial charge is 0.113 e. The van der Waals surface area contributed by atoms with E-state index < -0.39 is 0 Å². The van der Waals surface area contributed by atoms with Gasteiger partial charge in [0, 0.05) is 6.20 Å². The molecule has 1 aromatic heterocycles. The molecule has 0 atom stereocenters. The highest BCUT2D eigenvalue weighted by molar-refractivity contribution is 4.74. The summed E-state index contributed by atoms with van der Waals surface area (Å²) < 4.78 is 1.60. The average molecular weight is 96.1 g/mol. The van der Waals surface area contributed by atoms with Gasteiger partial charge in [-0.2, -0.15) is 5.10 Å². The van der Waals surface area contributed by atoms with Gasteiger partial charge in [-0.1, -0.05) is 0 Å². The fourth-order valence-corrected chi connectivity index (χ4v) is 0.362. The van der Waals surface area contributed by atoms with Crippen molar-refractivity contribution < 1.29 is 0 Å². The van der Waals surface area contributed by atoms with E-state index in [-0.39, 0.29) is 0 Å². The average Bonchev–Trinajstić information content (AvgIpc) is 2.14. The molecule has 0 aliphatic carbocycles. The van der Waals surface area contributed by atoms with Crippen LogP contribution in [0.1, 0.15) is 0 Å². The summed E-state index contributed by atoms with van der Waals surface area (Å²) in [6, 6.07) is 1.72. The SMILES string of the molecule is NCn1cc[c]n1. The molecular formula is C4H6N3. The van der Waals surface area contributed by atoms with Crippen LogP contribution in [0.4, 0.5) is 0 Å². The highest BCUT2D eigenvalue weighted by Crippen LogP contribution is 1.75. The Bertz CT molecular complexity index is 121. The van der Waals surface area contributed by atoms with Crippen molar-refractivity contribution in [2.45, 2.75) is 6.67 Å². The zero-order chi connectivity index (χ0) is 5.11. The van der Waals surface area contributed by atoms with E-state index in [9.17, 15) is 0 Å². The molecule has 0 aliphatic heterocycles. The van der Waals surface area contributed by atoms with Gasteiger partial charge in [0.2, 0.25) is 0 Å². The lowest BCUT2D eigenvalue weighted by Crippen LogP contribution is -2.06. The quantitative estimate of drug-likeness (QED) is 0.517. The molecule has 0 fully saturated rings. The largest absolute Gasteiger partial charge is 0.312 e. The molecule has 1 heterocycles. The van der Waals surface area contributed by atoms with Gasteiger partial charge in [0.05, 0.1) is 6.67 Å². The summed E-state index contributed by atoms with van der Waals surface area (Å²) in [5.41, 5.74) is 5.17. The lowest BCUT2D eigenvalue weighted by atomic mass is 10.8. The summed E-state index contributed by atoms with van der Waals surface area (Å²) in [6.45, 7) is 0.434. The predicted molar refractivity (Wildman–Crippen MR) is 25.3 cm³/mol. The number of aromatic nitrogens is 2. The lowest BCUT2D eigenvalue weighted by Gasteiger charge is -1.87. The first kappa shape index (κ1) is 4.33. The second-order valence-electron chi connectivity index (χ2n) is 1.17. The maximum Gasteiger partial charge on any atom is 0.113 e. The first-order valence-corrected chi connectivity index (χ1v) is 2.03. The number of hydrogen-bond donors (Lipinski definition) is 1. The van der Waals surface area contributed by atoms with Crippen LogP contribution in [0.5, 0.6) is 0 Å². The Kier molecular flexibility index (Phi) is 1.08. The monoisotopic (exact) mass is 96.1 g/mol. The molecule has 1 aromatic rings. The van der Waals surface area contributed by atoms with Gasteiger partial charge in [0.25, 0.3) is 0 Å². The highest BCUT2D eigenvalue weighted by atomic mass is 15.3. The predicted octanol–water partition coefficient (Wildman–Crippen LogP) is -0.401. The summed E-state index contributed by atoms with van der Waals surface area (Å²) >= 11 is 0. The van der Waals surface area contributed by atoms with Crippen LogP contribution in [0.15, 0.2) is 12.3 Å². The Balaban J connectivity index is 2.76. The fraction of sp³-hybridized carbons (Fsp3) is 0.250. The van der Waals surface area contributed by atoms with E-state index in [1.54, 1.807) is 16.9 Å². The standard InChI is InChI=1S/C4H6N3/c5-4-7-3-1-2-6-7/h1,3H,4-5H2. The first-order valence-electron chi connectivity index (χ1n) is 2.03. The summed E-state index contributed by atoms with van der Waals surface area (Å²) in [6.07, 6.45) is 4.38. The third-order valence-corrected chi connectivity index (χ3v) is 0.694. The van der Waals surface area contributed by atoms with E-state index >= 15 is 0 Å². The van der Waals surface area contributed by atoms with Gasteiger partial charge in [0.15, 0.2) is 0 Å².